The summed E-state index contributed by atoms with van der Waals surface area (Å²) in [6.07, 6.45) is 0.658. The number of carbonyl (C=O) groups excluding carboxylic acids is 1. The topological polar surface area (TPSA) is 35.6 Å². The maximum atomic E-state index is 12.1. The largest absolute Gasteiger partial charge is 0.340 e. The lowest BCUT2D eigenvalue weighted by atomic mass is 10.0. The lowest BCUT2D eigenvalue weighted by molar-refractivity contribution is -0.132. The Kier molecular flexibility index (Phi) is 6.65. The van der Waals surface area contributed by atoms with Crippen molar-refractivity contribution in [2.75, 3.05) is 39.3 Å². The summed E-state index contributed by atoms with van der Waals surface area (Å²) in [7, 11) is 0. The number of piperazine rings is 1. The second-order valence-corrected chi connectivity index (χ2v) is 5.49. The molecule has 0 radical (unpaired) electrons. The van der Waals surface area contributed by atoms with Gasteiger partial charge in [-0.2, -0.15) is 0 Å². The molecule has 1 saturated heterocycles. The van der Waals surface area contributed by atoms with Gasteiger partial charge in [-0.3, -0.25) is 4.79 Å². The molecule has 1 unspecified atom stereocenters. The summed E-state index contributed by atoms with van der Waals surface area (Å²) in [5.74, 6) is 0.949. The first kappa shape index (κ1) is 15.4. The molecule has 1 N–H and O–H groups in total. The smallest absolute Gasteiger partial charge is 0.223 e. The molecule has 1 atom stereocenters. The van der Waals surface area contributed by atoms with Gasteiger partial charge in [-0.05, 0) is 19.4 Å². The second kappa shape index (κ2) is 7.74. The van der Waals surface area contributed by atoms with Crippen molar-refractivity contribution in [1.82, 2.24) is 15.1 Å². The van der Waals surface area contributed by atoms with Gasteiger partial charge in [0.1, 0.15) is 0 Å². The summed E-state index contributed by atoms with van der Waals surface area (Å²) < 4.78 is 0. The molecule has 18 heavy (non-hydrogen) atoms. The van der Waals surface area contributed by atoms with E-state index in [4.69, 9.17) is 0 Å². The van der Waals surface area contributed by atoms with Crippen molar-refractivity contribution in [2.24, 2.45) is 5.92 Å². The van der Waals surface area contributed by atoms with Gasteiger partial charge in [0.05, 0.1) is 0 Å². The molecule has 1 rings (SSSR count). The number of nitrogens with zero attached hydrogens (tertiary/aromatic N) is 2. The zero-order valence-electron chi connectivity index (χ0n) is 12.4. The zero-order valence-corrected chi connectivity index (χ0v) is 12.4. The van der Waals surface area contributed by atoms with Gasteiger partial charge in [0.25, 0.3) is 0 Å². The summed E-state index contributed by atoms with van der Waals surface area (Å²) >= 11 is 0. The van der Waals surface area contributed by atoms with Crippen molar-refractivity contribution in [2.45, 2.75) is 40.2 Å². The molecule has 4 nitrogen and oxygen atoms in total. The van der Waals surface area contributed by atoms with Crippen LogP contribution in [0.15, 0.2) is 0 Å². The third-order valence-corrected chi connectivity index (χ3v) is 4.03. The molecule has 0 aromatic heterocycles. The standard InChI is InChI=1S/C14H29N3O/c1-5-16(13(4)12(2)3)9-6-14(18)17-10-7-15-8-11-17/h12-13,15H,5-11H2,1-4H3. The van der Waals surface area contributed by atoms with Gasteiger partial charge in [-0.1, -0.05) is 20.8 Å². The van der Waals surface area contributed by atoms with Crippen LogP contribution < -0.4 is 5.32 Å². The van der Waals surface area contributed by atoms with Crippen LogP contribution in [0.4, 0.5) is 0 Å². The summed E-state index contributed by atoms with van der Waals surface area (Å²) in [6, 6.07) is 0.547. The fourth-order valence-electron chi connectivity index (χ4n) is 2.38. The molecule has 0 aliphatic carbocycles. The van der Waals surface area contributed by atoms with E-state index in [1.807, 2.05) is 4.90 Å². The van der Waals surface area contributed by atoms with Gasteiger partial charge in [0, 0.05) is 45.2 Å². The van der Waals surface area contributed by atoms with Crippen molar-refractivity contribution >= 4 is 5.91 Å². The molecule has 1 aliphatic rings. The predicted molar refractivity (Wildman–Crippen MR) is 75.6 cm³/mol. The molecule has 1 aliphatic heterocycles. The van der Waals surface area contributed by atoms with Gasteiger partial charge in [0.15, 0.2) is 0 Å². The van der Waals surface area contributed by atoms with E-state index in [1.54, 1.807) is 0 Å². The summed E-state index contributed by atoms with van der Waals surface area (Å²) in [5, 5.41) is 3.27. The number of carbonyl (C=O) groups is 1. The minimum absolute atomic E-state index is 0.311. The fraction of sp³-hybridized carbons (Fsp3) is 0.929. The van der Waals surface area contributed by atoms with Crippen LogP contribution in [0.25, 0.3) is 0 Å². The molecular weight excluding hydrogens is 226 g/mol. The molecule has 4 heteroatoms. The zero-order chi connectivity index (χ0) is 13.5. The van der Waals surface area contributed by atoms with Crippen molar-refractivity contribution in [1.29, 1.82) is 0 Å². The summed E-state index contributed by atoms with van der Waals surface area (Å²) in [4.78, 5) is 16.5. The van der Waals surface area contributed by atoms with Gasteiger partial charge in [-0.15, -0.1) is 0 Å². The average Bonchev–Trinajstić information content (AvgIpc) is 2.39. The van der Waals surface area contributed by atoms with Gasteiger partial charge in [-0.25, -0.2) is 0 Å². The summed E-state index contributed by atoms with van der Waals surface area (Å²) in [6.45, 7) is 14.4. The van der Waals surface area contributed by atoms with E-state index in [-0.39, 0.29) is 0 Å². The Balaban J connectivity index is 2.35. The van der Waals surface area contributed by atoms with Gasteiger partial charge in [0.2, 0.25) is 5.91 Å². The van der Waals surface area contributed by atoms with Crippen molar-refractivity contribution in [3.8, 4) is 0 Å². The molecule has 1 heterocycles. The number of nitrogens with one attached hydrogen (secondary N) is 1. The molecular formula is C14H29N3O. The van der Waals surface area contributed by atoms with Crippen molar-refractivity contribution < 1.29 is 4.79 Å². The monoisotopic (exact) mass is 255 g/mol. The number of hydrogen-bond acceptors (Lipinski definition) is 3. The highest BCUT2D eigenvalue weighted by Gasteiger charge is 2.19. The molecule has 1 fully saturated rings. The van der Waals surface area contributed by atoms with Crippen LogP contribution in [0.3, 0.4) is 0 Å². The van der Waals surface area contributed by atoms with Crippen LogP contribution in [0.1, 0.15) is 34.1 Å². The molecule has 0 spiro atoms. The minimum atomic E-state index is 0.311. The Morgan fingerprint density at radius 2 is 1.89 bits per heavy atom. The van der Waals surface area contributed by atoms with E-state index in [9.17, 15) is 4.79 Å². The Morgan fingerprint density at radius 3 is 2.39 bits per heavy atom. The first-order valence-electron chi connectivity index (χ1n) is 7.28. The number of amides is 1. The minimum Gasteiger partial charge on any atom is -0.340 e. The first-order chi connectivity index (χ1) is 8.56. The van der Waals surface area contributed by atoms with Crippen LogP contribution in [0.5, 0.6) is 0 Å². The second-order valence-electron chi connectivity index (χ2n) is 5.49. The lowest BCUT2D eigenvalue weighted by Gasteiger charge is -2.32. The van der Waals surface area contributed by atoms with Crippen LogP contribution in [0.2, 0.25) is 0 Å². The highest BCUT2D eigenvalue weighted by molar-refractivity contribution is 5.76. The van der Waals surface area contributed by atoms with Gasteiger partial charge < -0.3 is 15.1 Å². The number of hydrogen-bond donors (Lipinski definition) is 1. The Labute approximate surface area is 112 Å². The Morgan fingerprint density at radius 1 is 1.28 bits per heavy atom. The predicted octanol–water partition coefficient (Wildman–Crippen LogP) is 1.17. The molecule has 0 aromatic carbocycles. The highest BCUT2D eigenvalue weighted by Crippen LogP contribution is 2.10. The molecule has 1 amide bonds. The van der Waals surface area contributed by atoms with E-state index < -0.39 is 0 Å². The van der Waals surface area contributed by atoms with Crippen LogP contribution in [-0.2, 0) is 4.79 Å². The fourth-order valence-corrected chi connectivity index (χ4v) is 2.38. The van der Waals surface area contributed by atoms with Crippen LogP contribution >= 0.6 is 0 Å². The highest BCUT2D eigenvalue weighted by atomic mass is 16.2. The van der Waals surface area contributed by atoms with Gasteiger partial charge >= 0.3 is 0 Å². The first-order valence-corrected chi connectivity index (χ1v) is 7.28. The third-order valence-electron chi connectivity index (χ3n) is 4.03. The van der Waals surface area contributed by atoms with E-state index >= 15 is 0 Å². The SMILES string of the molecule is CCN(CCC(=O)N1CCNCC1)C(C)C(C)C. The Bertz CT molecular complexity index is 249. The quantitative estimate of drug-likeness (QED) is 0.774. The average molecular weight is 255 g/mol. The van der Waals surface area contributed by atoms with E-state index in [2.05, 4.69) is 37.9 Å². The maximum Gasteiger partial charge on any atom is 0.223 e. The lowest BCUT2D eigenvalue weighted by Crippen LogP contribution is -2.47. The van der Waals surface area contributed by atoms with Crippen molar-refractivity contribution in [3.63, 3.8) is 0 Å². The molecule has 106 valence electrons. The maximum absolute atomic E-state index is 12.1. The van der Waals surface area contributed by atoms with Crippen molar-refractivity contribution in [3.05, 3.63) is 0 Å². The van der Waals surface area contributed by atoms with E-state index in [1.165, 1.54) is 0 Å². The van der Waals surface area contributed by atoms with Crippen LogP contribution in [-0.4, -0.2) is 61.0 Å². The molecule has 0 aromatic rings. The normalized spacial score (nSPS) is 18.4. The van der Waals surface area contributed by atoms with Crippen LogP contribution in [0, 0.1) is 5.92 Å². The molecule has 0 saturated carbocycles. The summed E-state index contributed by atoms with van der Waals surface area (Å²) in [5.41, 5.74) is 0. The van der Waals surface area contributed by atoms with E-state index in [0.717, 1.165) is 39.3 Å². The third kappa shape index (κ3) is 4.58. The number of rotatable bonds is 6. The Hall–Kier alpha value is -0.610. The van der Waals surface area contributed by atoms with E-state index in [0.29, 0.717) is 24.3 Å². The molecule has 0 bridgehead atoms.